The van der Waals surface area contributed by atoms with Gasteiger partial charge >= 0.3 is 33.0 Å². The molecule has 8 heteroatoms. The molecule has 1 aromatic heterocycles. The minimum absolute atomic E-state index is 1.37. The molecule has 0 aromatic carbocycles. The Kier molecular flexibility index (Phi) is 4.14. The number of hydrogen-bond acceptors (Lipinski definition) is 0. The molecule has 1 rings (SSSR count). The van der Waals surface area contributed by atoms with Crippen LogP contribution < -0.4 is 4.57 Å². The monoisotopic (exact) mass is 309 g/mol. The van der Waals surface area contributed by atoms with Gasteiger partial charge in [-0.1, -0.05) is 0 Å². The van der Waals surface area contributed by atoms with Crippen molar-refractivity contribution in [3.8, 4) is 0 Å². The molecule has 0 radical (unpaired) electrons. The molecule has 0 amide bonds. The molecule has 0 unspecified atom stereocenters. The molecule has 0 bridgehead atoms. The molecule has 0 N–H and O–H groups in total. The van der Waals surface area contributed by atoms with Crippen LogP contribution in [-0.4, -0.2) is 0 Å². The van der Waals surface area contributed by atoms with Crippen LogP contribution in [0.2, 0.25) is 0 Å². The van der Waals surface area contributed by atoms with Crippen molar-refractivity contribution in [2.24, 2.45) is 7.05 Å². The Balaban J connectivity index is 0.000000399. The third kappa shape index (κ3) is 7.35. The van der Waals surface area contributed by atoms with Crippen LogP contribution in [0.15, 0.2) is 0 Å². The van der Waals surface area contributed by atoms with E-state index in [9.17, 15) is 25.2 Å². The summed E-state index contributed by atoms with van der Waals surface area (Å²) in [6, 6.07) is 0. The van der Waals surface area contributed by atoms with Gasteiger partial charge in [-0.25, -0.2) is 4.57 Å². The molecule has 1 aromatic rings. The quantitative estimate of drug-likeness (QED) is 0.341. The first-order chi connectivity index (χ1) is 7.91. The number of rotatable bonds is 0. The molecule has 0 atom stereocenters. The van der Waals surface area contributed by atoms with E-state index in [2.05, 4.69) is 46.2 Å². The molecule has 19 heavy (non-hydrogen) atoms. The number of nitrogens with zero attached hydrogens (tertiary/aromatic N) is 1. The summed E-state index contributed by atoms with van der Waals surface area (Å²) in [7, 11) is -8.53. The van der Waals surface area contributed by atoms with Gasteiger partial charge < -0.3 is 0 Å². The third-order valence-corrected chi connectivity index (χ3v) is 3.22. The van der Waals surface area contributed by atoms with Crippen molar-refractivity contribution in [2.75, 3.05) is 0 Å². The molecule has 0 saturated carbocycles. The number of aromatic nitrogens is 1. The first-order valence-electron chi connectivity index (χ1n) is 5.41. The second kappa shape index (κ2) is 4.33. The van der Waals surface area contributed by atoms with E-state index >= 15 is 0 Å². The van der Waals surface area contributed by atoms with E-state index in [1.807, 2.05) is 0 Å². The van der Waals surface area contributed by atoms with Gasteiger partial charge in [0.25, 0.3) is 0 Å². The third-order valence-electron chi connectivity index (χ3n) is 3.22. The summed E-state index contributed by atoms with van der Waals surface area (Å²) in [4.78, 5) is 0. The molecular weight excluding hydrogens is 291 g/mol. The summed E-state index contributed by atoms with van der Waals surface area (Å²) < 4.78 is 61.5. The standard InChI is InChI=1S/C11H18N.F6P/c1-7-8(2)10(4)12(6)11(5)9(7)3;1-7(2,3,4,5)6/h1-6H3;/q+1;-1. The van der Waals surface area contributed by atoms with E-state index in [0.717, 1.165) is 0 Å². The van der Waals surface area contributed by atoms with Crippen molar-refractivity contribution < 1.29 is 29.7 Å². The Hall–Kier alpha value is -0.840. The van der Waals surface area contributed by atoms with Gasteiger partial charge in [0, 0.05) is 25.0 Å². The van der Waals surface area contributed by atoms with Gasteiger partial charge in [0.15, 0.2) is 11.4 Å². The number of halogens is 6. The predicted molar refractivity (Wildman–Crippen MR) is 64.9 cm³/mol. The molecule has 0 aliphatic heterocycles. The van der Waals surface area contributed by atoms with Crippen LogP contribution in [0.4, 0.5) is 25.2 Å². The topological polar surface area (TPSA) is 3.88 Å². The summed E-state index contributed by atoms with van der Waals surface area (Å²) >= 11 is 0. The molecule has 1 heterocycles. The van der Waals surface area contributed by atoms with Crippen molar-refractivity contribution in [1.29, 1.82) is 0 Å². The molecule has 0 aliphatic carbocycles. The van der Waals surface area contributed by atoms with Gasteiger partial charge in [-0.3, -0.25) is 0 Å². The summed E-state index contributed by atoms with van der Waals surface area (Å²) in [5, 5.41) is 0. The molecule has 1 nitrogen and oxygen atoms in total. The average molecular weight is 309 g/mol. The van der Waals surface area contributed by atoms with Crippen molar-refractivity contribution in [1.82, 2.24) is 0 Å². The minimum atomic E-state index is -10.7. The molecular formula is C11H18F6NP. The van der Waals surface area contributed by atoms with Crippen molar-refractivity contribution >= 4 is 7.81 Å². The van der Waals surface area contributed by atoms with Crippen LogP contribution in [0, 0.1) is 34.6 Å². The Morgan fingerprint density at radius 2 is 0.842 bits per heavy atom. The van der Waals surface area contributed by atoms with Gasteiger partial charge in [0.1, 0.15) is 7.05 Å². The average Bonchev–Trinajstić information content (AvgIpc) is 2.16. The zero-order valence-electron chi connectivity index (χ0n) is 11.7. The Morgan fingerprint density at radius 3 is 1.05 bits per heavy atom. The van der Waals surface area contributed by atoms with E-state index in [0.29, 0.717) is 0 Å². The molecule has 114 valence electrons. The van der Waals surface area contributed by atoms with Gasteiger partial charge in [-0.2, -0.15) is 0 Å². The van der Waals surface area contributed by atoms with E-state index in [1.54, 1.807) is 0 Å². The fourth-order valence-electron chi connectivity index (χ4n) is 1.58. The summed E-state index contributed by atoms with van der Waals surface area (Å²) in [6.07, 6.45) is 0. The van der Waals surface area contributed by atoms with Crippen LogP contribution in [-0.2, 0) is 7.05 Å². The van der Waals surface area contributed by atoms with Crippen LogP contribution in [0.25, 0.3) is 0 Å². The SMILES string of the molecule is Cc1c(C)c(C)[n+](C)c(C)c1C.F[P-](F)(F)(F)(F)F. The summed E-state index contributed by atoms with van der Waals surface area (Å²) in [5.74, 6) is 0. The molecule has 0 spiro atoms. The first-order valence-corrected chi connectivity index (χ1v) is 7.44. The van der Waals surface area contributed by atoms with Gasteiger partial charge in [0.2, 0.25) is 0 Å². The fourth-order valence-corrected chi connectivity index (χ4v) is 1.58. The second-order valence-electron chi connectivity index (χ2n) is 4.56. The van der Waals surface area contributed by atoms with Gasteiger partial charge in [-0.05, 0) is 26.3 Å². The van der Waals surface area contributed by atoms with E-state index in [1.165, 1.54) is 28.1 Å². The van der Waals surface area contributed by atoms with Crippen molar-refractivity contribution in [3.05, 3.63) is 28.1 Å². The molecule has 0 saturated heterocycles. The zero-order valence-corrected chi connectivity index (χ0v) is 12.6. The summed E-state index contributed by atoms with van der Waals surface area (Å²) in [5.41, 5.74) is 7.01. The maximum absolute atomic E-state index is 10.7. The zero-order chi connectivity index (χ0) is 15.9. The molecule has 0 fully saturated rings. The van der Waals surface area contributed by atoms with Gasteiger partial charge in [-0.15, -0.1) is 0 Å². The Labute approximate surface area is 108 Å². The van der Waals surface area contributed by atoms with Crippen LogP contribution in [0.5, 0.6) is 0 Å². The number of hydrogen-bond donors (Lipinski definition) is 0. The first kappa shape index (κ1) is 18.2. The molecule has 0 aliphatic rings. The van der Waals surface area contributed by atoms with E-state index in [-0.39, 0.29) is 0 Å². The normalized spacial score (nSPS) is 15.2. The maximum atomic E-state index is 9.87. The van der Waals surface area contributed by atoms with Crippen molar-refractivity contribution in [3.63, 3.8) is 0 Å². The Bertz CT molecular complexity index is 387. The van der Waals surface area contributed by atoms with Crippen LogP contribution >= 0.6 is 7.81 Å². The fraction of sp³-hybridized carbons (Fsp3) is 0.545. The van der Waals surface area contributed by atoms with Crippen molar-refractivity contribution in [2.45, 2.75) is 34.6 Å². The summed E-state index contributed by atoms with van der Waals surface area (Å²) in [6.45, 7) is 10.9. The van der Waals surface area contributed by atoms with E-state index in [4.69, 9.17) is 0 Å². The second-order valence-corrected chi connectivity index (χ2v) is 6.48. The number of pyridine rings is 1. The Morgan fingerprint density at radius 1 is 0.632 bits per heavy atom. The predicted octanol–water partition coefficient (Wildman–Crippen LogP) is 5.44. The van der Waals surface area contributed by atoms with Gasteiger partial charge in [0.05, 0.1) is 0 Å². The van der Waals surface area contributed by atoms with E-state index < -0.39 is 7.81 Å². The van der Waals surface area contributed by atoms with Crippen LogP contribution in [0.3, 0.4) is 0 Å². The van der Waals surface area contributed by atoms with Crippen LogP contribution in [0.1, 0.15) is 28.1 Å².